The van der Waals surface area contributed by atoms with Crippen molar-refractivity contribution < 1.29 is 9.59 Å². The number of rotatable bonds is 5. The third-order valence-corrected chi connectivity index (χ3v) is 9.32. The van der Waals surface area contributed by atoms with E-state index in [2.05, 4.69) is 16.3 Å². The third kappa shape index (κ3) is 5.64. The van der Waals surface area contributed by atoms with Gasteiger partial charge in [0.05, 0.1) is 0 Å². The van der Waals surface area contributed by atoms with Crippen LogP contribution in [-0.4, -0.2) is 46.6 Å². The lowest BCUT2D eigenvalue weighted by atomic mass is 9.65. The Labute approximate surface area is 209 Å². The highest BCUT2D eigenvalue weighted by atomic mass is 35.5. The SMILES string of the molecule is CC(C)[C@@H](NC(=O)C1=CCC(Cl)CC1)C(=O)N1CCC(C2=CCC(Cl)CC2)C2(CCCC2)C1. The van der Waals surface area contributed by atoms with Gasteiger partial charge >= 0.3 is 0 Å². The fourth-order valence-corrected chi connectivity index (χ4v) is 7.00. The van der Waals surface area contributed by atoms with Crippen molar-refractivity contribution in [2.75, 3.05) is 13.1 Å². The van der Waals surface area contributed by atoms with E-state index in [1.54, 1.807) is 5.57 Å². The van der Waals surface area contributed by atoms with Crippen LogP contribution in [0, 0.1) is 17.3 Å². The van der Waals surface area contributed by atoms with Crippen molar-refractivity contribution in [1.82, 2.24) is 10.2 Å². The lowest BCUT2D eigenvalue weighted by Gasteiger charge is -2.49. The van der Waals surface area contributed by atoms with Crippen LogP contribution in [0.15, 0.2) is 23.3 Å². The molecule has 0 aromatic heterocycles. The lowest BCUT2D eigenvalue weighted by molar-refractivity contribution is -0.141. The zero-order valence-electron chi connectivity index (χ0n) is 20.3. The number of alkyl halides is 2. The minimum absolute atomic E-state index is 0.0466. The van der Waals surface area contributed by atoms with E-state index < -0.39 is 6.04 Å². The summed E-state index contributed by atoms with van der Waals surface area (Å²) in [6, 6.07) is -0.479. The van der Waals surface area contributed by atoms with Gasteiger partial charge in [-0.15, -0.1) is 23.2 Å². The Morgan fingerprint density at radius 2 is 1.70 bits per heavy atom. The maximum Gasteiger partial charge on any atom is 0.247 e. The average molecular weight is 496 g/mol. The minimum atomic E-state index is -0.479. The molecule has 1 aliphatic heterocycles. The molecule has 4 rings (SSSR count). The van der Waals surface area contributed by atoms with Crippen LogP contribution in [0.2, 0.25) is 0 Å². The molecule has 4 nitrogen and oxygen atoms in total. The van der Waals surface area contributed by atoms with Gasteiger partial charge in [0.15, 0.2) is 0 Å². The van der Waals surface area contributed by atoms with Gasteiger partial charge in [0.1, 0.15) is 6.04 Å². The van der Waals surface area contributed by atoms with Crippen molar-refractivity contribution in [1.29, 1.82) is 0 Å². The van der Waals surface area contributed by atoms with Crippen LogP contribution in [0.4, 0.5) is 0 Å². The third-order valence-electron chi connectivity index (χ3n) is 8.53. The predicted octanol–water partition coefficient (Wildman–Crippen LogP) is 5.97. The average Bonchev–Trinajstić information content (AvgIpc) is 3.26. The summed E-state index contributed by atoms with van der Waals surface area (Å²) in [6.45, 7) is 5.66. The Morgan fingerprint density at radius 1 is 1.03 bits per heavy atom. The summed E-state index contributed by atoms with van der Waals surface area (Å²) in [5.74, 6) is 0.619. The van der Waals surface area contributed by atoms with Crippen molar-refractivity contribution in [2.24, 2.45) is 17.3 Å². The first-order valence-electron chi connectivity index (χ1n) is 13.0. The van der Waals surface area contributed by atoms with Crippen LogP contribution in [0.1, 0.15) is 84.5 Å². The van der Waals surface area contributed by atoms with Crippen LogP contribution in [0.25, 0.3) is 0 Å². The molecule has 1 saturated carbocycles. The Kier molecular flexibility index (Phi) is 8.16. The van der Waals surface area contributed by atoms with Crippen LogP contribution < -0.4 is 5.32 Å². The fourth-order valence-electron chi connectivity index (χ4n) is 6.60. The molecular formula is C27H40Cl2N2O2. The molecule has 3 aliphatic carbocycles. The Hall–Kier alpha value is -1.00. The maximum atomic E-state index is 13.7. The van der Waals surface area contributed by atoms with Crippen LogP contribution in [0.3, 0.4) is 0 Å². The van der Waals surface area contributed by atoms with E-state index in [1.807, 2.05) is 19.9 Å². The van der Waals surface area contributed by atoms with Crippen LogP contribution >= 0.6 is 23.2 Å². The number of hydrogen-bond donors (Lipinski definition) is 1. The van der Waals surface area contributed by atoms with E-state index >= 15 is 0 Å². The van der Waals surface area contributed by atoms with Gasteiger partial charge in [-0.05, 0) is 75.0 Å². The van der Waals surface area contributed by atoms with E-state index in [0.717, 1.165) is 57.2 Å². The number of nitrogens with one attached hydrogen (secondary N) is 1. The largest absolute Gasteiger partial charge is 0.340 e. The van der Waals surface area contributed by atoms with Crippen LogP contribution in [-0.2, 0) is 9.59 Å². The summed E-state index contributed by atoms with van der Waals surface area (Å²) < 4.78 is 0. The number of likely N-dealkylation sites (tertiary alicyclic amines) is 1. The van der Waals surface area contributed by atoms with Crippen molar-refractivity contribution in [2.45, 2.75) is 101 Å². The van der Waals surface area contributed by atoms with E-state index in [1.165, 1.54) is 25.7 Å². The first-order valence-corrected chi connectivity index (χ1v) is 13.9. The number of carbonyl (C=O) groups excluding carboxylic acids is 2. The molecule has 0 aromatic rings. The lowest BCUT2D eigenvalue weighted by Crippen LogP contribution is -2.57. The van der Waals surface area contributed by atoms with Gasteiger partial charge in [-0.3, -0.25) is 9.59 Å². The first-order chi connectivity index (χ1) is 15.8. The quantitative estimate of drug-likeness (QED) is 0.377. The molecule has 2 fully saturated rings. The molecule has 0 aromatic carbocycles. The smallest absolute Gasteiger partial charge is 0.247 e. The molecule has 1 heterocycles. The van der Waals surface area contributed by atoms with Crippen molar-refractivity contribution in [3.05, 3.63) is 23.3 Å². The standard InChI is InChI=1S/C27H40Cl2N2O2/c1-18(2)24(30-25(32)20-7-11-22(29)12-8-20)26(33)31-16-13-23(19-5-9-21(28)10-6-19)27(17-31)14-3-4-15-27/h5,7,18,21-24H,3-4,6,8-17H2,1-2H3,(H,30,32)/t21?,22?,23?,24-/m1/s1. The molecule has 4 atom stereocenters. The fraction of sp³-hybridized carbons (Fsp3) is 0.778. The molecule has 0 bridgehead atoms. The molecule has 2 amide bonds. The summed E-state index contributed by atoms with van der Waals surface area (Å²) in [7, 11) is 0. The highest BCUT2D eigenvalue weighted by Gasteiger charge is 2.48. The minimum Gasteiger partial charge on any atom is -0.340 e. The van der Waals surface area contributed by atoms with E-state index in [4.69, 9.17) is 23.2 Å². The Bertz CT molecular complexity index is 800. The van der Waals surface area contributed by atoms with Crippen molar-refractivity contribution >= 4 is 35.0 Å². The number of nitrogens with zero attached hydrogens (tertiary/aromatic N) is 1. The van der Waals surface area contributed by atoms with Gasteiger partial charge in [-0.1, -0.05) is 44.4 Å². The number of piperidine rings is 1. The van der Waals surface area contributed by atoms with Crippen molar-refractivity contribution in [3.63, 3.8) is 0 Å². The van der Waals surface area contributed by atoms with E-state index in [0.29, 0.717) is 12.3 Å². The molecule has 1 saturated heterocycles. The normalized spacial score (nSPS) is 30.7. The molecular weight excluding hydrogens is 455 g/mol. The monoisotopic (exact) mass is 494 g/mol. The number of amides is 2. The molecule has 6 heteroatoms. The zero-order valence-corrected chi connectivity index (χ0v) is 21.8. The highest BCUT2D eigenvalue weighted by Crippen LogP contribution is 2.52. The van der Waals surface area contributed by atoms with Gasteiger partial charge < -0.3 is 10.2 Å². The Balaban J connectivity index is 1.46. The summed E-state index contributed by atoms with van der Waals surface area (Å²) in [4.78, 5) is 28.7. The molecule has 3 unspecified atom stereocenters. The van der Waals surface area contributed by atoms with Gasteiger partial charge in [0.2, 0.25) is 11.8 Å². The van der Waals surface area contributed by atoms with Crippen LogP contribution in [0.5, 0.6) is 0 Å². The Morgan fingerprint density at radius 3 is 2.27 bits per heavy atom. The molecule has 4 aliphatic rings. The topological polar surface area (TPSA) is 49.4 Å². The summed E-state index contributed by atoms with van der Waals surface area (Å²) in [5.41, 5.74) is 2.57. The first kappa shape index (κ1) is 25.1. The second kappa shape index (κ2) is 10.7. The van der Waals surface area contributed by atoms with Gasteiger partial charge in [0, 0.05) is 29.4 Å². The zero-order chi connectivity index (χ0) is 23.6. The number of hydrogen-bond acceptors (Lipinski definition) is 2. The summed E-state index contributed by atoms with van der Waals surface area (Å²) in [5, 5.41) is 3.48. The number of allylic oxidation sites excluding steroid dienone is 3. The summed E-state index contributed by atoms with van der Waals surface area (Å²) in [6.07, 6.45) is 15.7. The summed E-state index contributed by atoms with van der Waals surface area (Å²) >= 11 is 12.5. The second-order valence-corrected chi connectivity index (χ2v) is 12.4. The molecule has 33 heavy (non-hydrogen) atoms. The van der Waals surface area contributed by atoms with E-state index in [-0.39, 0.29) is 33.9 Å². The predicted molar refractivity (Wildman–Crippen MR) is 136 cm³/mol. The van der Waals surface area contributed by atoms with Gasteiger partial charge in [-0.2, -0.15) is 0 Å². The molecule has 1 N–H and O–H groups in total. The number of carbonyl (C=O) groups is 2. The maximum absolute atomic E-state index is 13.7. The van der Waals surface area contributed by atoms with Crippen molar-refractivity contribution in [3.8, 4) is 0 Å². The van der Waals surface area contributed by atoms with E-state index in [9.17, 15) is 9.59 Å². The van der Waals surface area contributed by atoms with Gasteiger partial charge in [-0.25, -0.2) is 0 Å². The molecule has 0 radical (unpaired) electrons. The molecule has 1 spiro atoms. The molecule has 184 valence electrons. The number of halogens is 2. The second-order valence-electron chi connectivity index (χ2n) is 11.1. The van der Waals surface area contributed by atoms with Gasteiger partial charge in [0.25, 0.3) is 0 Å². The highest BCUT2D eigenvalue weighted by molar-refractivity contribution is 6.21.